The monoisotopic (exact) mass is 392 g/mol. The second-order valence-electron chi connectivity index (χ2n) is 9.87. The largest absolute Gasteiger partial charge is 0.496 e. The Bertz CT molecular complexity index is 749. The molecule has 27 heavy (non-hydrogen) atoms. The number of aryl methyl sites for hydroxylation is 1. The van der Waals surface area contributed by atoms with E-state index in [-0.39, 0.29) is 16.3 Å². The molecule has 7 heteroatoms. The summed E-state index contributed by atoms with van der Waals surface area (Å²) in [6, 6.07) is 1.89. The van der Waals surface area contributed by atoms with Crippen LogP contribution in [0.2, 0.25) is 0 Å². The van der Waals surface area contributed by atoms with Crippen LogP contribution in [0.5, 0.6) is 0 Å². The lowest BCUT2D eigenvalue weighted by Gasteiger charge is -2.32. The van der Waals surface area contributed by atoms with E-state index in [1.807, 2.05) is 6.20 Å². The number of pyridine rings is 1. The van der Waals surface area contributed by atoms with Crippen molar-refractivity contribution >= 4 is 24.5 Å². The van der Waals surface area contributed by atoms with Gasteiger partial charge in [-0.15, -0.1) is 0 Å². The molecule has 1 aromatic rings. The first-order valence-electron chi connectivity index (χ1n) is 9.80. The van der Waals surface area contributed by atoms with Gasteiger partial charge in [-0.05, 0) is 72.8 Å². The number of nitrogens with zero attached hydrogens (tertiary/aromatic N) is 1. The maximum atomic E-state index is 12.5. The molecule has 1 aliphatic carbocycles. The number of hydrogen-bond acceptors (Lipinski definition) is 5. The summed E-state index contributed by atoms with van der Waals surface area (Å²) in [5.41, 5.74) is 1.14. The van der Waals surface area contributed by atoms with Crippen LogP contribution >= 0.6 is 11.9 Å². The van der Waals surface area contributed by atoms with Crippen molar-refractivity contribution in [2.45, 2.75) is 83.3 Å². The Labute approximate surface area is 167 Å². The van der Waals surface area contributed by atoms with Crippen molar-refractivity contribution in [1.82, 2.24) is 9.29 Å². The molecule has 1 N–H and O–H groups in total. The number of aromatic nitrogens is 1. The summed E-state index contributed by atoms with van der Waals surface area (Å²) in [5, 5.41) is 0. The van der Waals surface area contributed by atoms with Gasteiger partial charge in [0.2, 0.25) is 0 Å². The molecule has 2 fully saturated rings. The van der Waals surface area contributed by atoms with E-state index >= 15 is 0 Å². The fraction of sp³-hybridized carbons (Fsp3) is 0.750. The summed E-state index contributed by atoms with van der Waals surface area (Å²) in [6.45, 7) is 14.8. The van der Waals surface area contributed by atoms with Gasteiger partial charge in [0.05, 0.1) is 11.2 Å². The molecule has 150 valence electrons. The molecule has 1 atom stereocenters. The van der Waals surface area contributed by atoms with Crippen molar-refractivity contribution in [3.8, 4) is 0 Å². The number of rotatable bonds is 5. The van der Waals surface area contributed by atoms with Crippen molar-refractivity contribution in [2.75, 3.05) is 0 Å². The van der Waals surface area contributed by atoms with Crippen molar-refractivity contribution in [3.05, 3.63) is 28.2 Å². The predicted molar refractivity (Wildman–Crippen MR) is 113 cm³/mol. The molecule has 2 heterocycles. The molecule has 1 aromatic heterocycles. The van der Waals surface area contributed by atoms with Gasteiger partial charge in [-0.3, -0.25) is 9.52 Å². The van der Waals surface area contributed by atoms with Gasteiger partial charge in [-0.25, -0.2) is 0 Å². The molecule has 5 nitrogen and oxygen atoms in total. The third-order valence-electron chi connectivity index (χ3n) is 5.72. The Hall–Kier alpha value is -0.755. The number of nitrogens with one attached hydrogen (secondary N) is 1. The average Bonchev–Trinajstić information content (AvgIpc) is 3.29. The fourth-order valence-electron chi connectivity index (χ4n) is 3.18. The molecule has 0 aromatic carbocycles. The van der Waals surface area contributed by atoms with Crippen LogP contribution in [0, 0.1) is 5.92 Å². The summed E-state index contributed by atoms with van der Waals surface area (Å²) in [4.78, 5) is 12.5. The summed E-state index contributed by atoms with van der Waals surface area (Å²) in [5.74, 6) is 0.549. The zero-order valence-corrected chi connectivity index (χ0v) is 18.7. The standard InChI is InChI=1S/C20H33BN2O3S/c1-18(2,3)27-22-17(13-9-10-13)14-11-16(24)23(8)12-15(14)21-25-19(4,5)20(6,7)26-21/h11-13,17,22H,9-10H2,1-8H3/t17-/m0/s1. The highest BCUT2D eigenvalue weighted by molar-refractivity contribution is 7.98. The van der Waals surface area contributed by atoms with E-state index in [1.54, 1.807) is 29.6 Å². The topological polar surface area (TPSA) is 52.5 Å². The van der Waals surface area contributed by atoms with E-state index in [2.05, 4.69) is 53.2 Å². The maximum Gasteiger partial charge on any atom is 0.496 e. The zero-order valence-electron chi connectivity index (χ0n) is 17.9. The minimum absolute atomic E-state index is 0.00141. The Morgan fingerprint density at radius 2 is 1.78 bits per heavy atom. The molecule has 0 amide bonds. The normalized spacial score (nSPS) is 22.9. The van der Waals surface area contributed by atoms with Crippen LogP contribution in [0.25, 0.3) is 0 Å². The van der Waals surface area contributed by atoms with Crippen LogP contribution in [-0.2, 0) is 16.4 Å². The van der Waals surface area contributed by atoms with Crippen molar-refractivity contribution < 1.29 is 9.31 Å². The molecule has 0 radical (unpaired) electrons. The predicted octanol–water partition coefficient (Wildman–Crippen LogP) is 3.17. The van der Waals surface area contributed by atoms with Crippen LogP contribution < -0.4 is 15.7 Å². The Morgan fingerprint density at radius 1 is 1.22 bits per heavy atom. The quantitative estimate of drug-likeness (QED) is 0.616. The average molecular weight is 392 g/mol. The Balaban J connectivity index is 2.00. The molecule has 1 aliphatic heterocycles. The van der Waals surface area contributed by atoms with Gasteiger partial charge in [0, 0.05) is 35.6 Å². The molecule has 3 rings (SSSR count). The van der Waals surface area contributed by atoms with E-state index in [0.717, 1.165) is 11.0 Å². The molecule has 0 unspecified atom stereocenters. The van der Waals surface area contributed by atoms with Gasteiger partial charge in [0.25, 0.3) is 5.56 Å². The second kappa shape index (κ2) is 6.94. The van der Waals surface area contributed by atoms with Crippen LogP contribution in [-0.4, -0.2) is 27.6 Å². The summed E-state index contributed by atoms with van der Waals surface area (Å²) in [7, 11) is 1.31. The summed E-state index contributed by atoms with van der Waals surface area (Å²) in [6.07, 6.45) is 4.25. The summed E-state index contributed by atoms with van der Waals surface area (Å²) < 4.78 is 18.0. The van der Waals surface area contributed by atoms with E-state index in [9.17, 15) is 4.79 Å². The van der Waals surface area contributed by atoms with Crippen molar-refractivity contribution in [2.24, 2.45) is 13.0 Å². The minimum atomic E-state index is -0.473. The first-order valence-corrected chi connectivity index (χ1v) is 10.6. The van der Waals surface area contributed by atoms with E-state index in [1.165, 1.54) is 12.8 Å². The van der Waals surface area contributed by atoms with Gasteiger partial charge >= 0.3 is 7.12 Å². The van der Waals surface area contributed by atoms with Crippen LogP contribution in [0.4, 0.5) is 0 Å². The lowest BCUT2D eigenvalue weighted by Crippen LogP contribution is -2.42. The molecule has 0 bridgehead atoms. The molecule has 1 saturated carbocycles. The van der Waals surface area contributed by atoms with Crippen molar-refractivity contribution in [3.63, 3.8) is 0 Å². The van der Waals surface area contributed by atoms with E-state index < -0.39 is 18.3 Å². The van der Waals surface area contributed by atoms with Crippen LogP contribution in [0.1, 0.15) is 72.9 Å². The molecule has 2 aliphatic rings. The minimum Gasteiger partial charge on any atom is -0.399 e. The lowest BCUT2D eigenvalue weighted by atomic mass is 9.75. The zero-order chi connectivity index (χ0) is 20.2. The molecular weight excluding hydrogens is 359 g/mol. The van der Waals surface area contributed by atoms with Gasteiger partial charge in [-0.2, -0.15) is 0 Å². The van der Waals surface area contributed by atoms with Gasteiger partial charge in [0.1, 0.15) is 0 Å². The first kappa shape index (κ1) is 21.0. The summed E-state index contributed by atoms with van der Waals surface area (Å²) >= 11 is 1.73. The molecular formula is C20H33BN2O3S. The van der Waals surface area contributed by atoms with Gasteiger partial charge < -0.3 is 13.9 Å². The first-order chi connectivity index (χ1) is 12.3. The highest BCUT2D eigenvalue weighted by Gasteiger charge is 2.53. The third kappa shape index (κ3) is 4.47. The second-order valence-corrected chi connectivity index (χ2v) is 11.5. The highest BCUT2D eigenvalue weighted by atomic mass is 32.2. The van der Waals surface area contributed by atoms with Crippen molar-refractivity contribution in [1.29, 1.82) is 0 Å². The van der Waals surface area contributed by atoms with Crippen LogP contribution in [0.3, 0.4) is 0 Å². The van der Waals surface area contributed by atoms with Crippen LogP contribution in [0.15, 0.2) is 17.1 Å². The molecule has 0 spiro atoms. The SMILES string of the molecule is Cn1cc(B2OC(C)(C)C(C)(C)O2)c([C@@H](NSC(C)(C)C)C2CC2)cc1=O. The Morgan fingerprint density at radius 3 is 2.26 bits per heavy atom. The number of hydrogen-bond donors (Lipinski definition) is 1. The third-order valence-corrected chi connectivity index (χ3v) is 6.70. The fourth-order valence-corrected chi connectivity index (χ4v) is 3.98. The maximum absolute atomic E-state index is 12.5. The Kier molecular flexibility index (Phi) is 5.39. The van der Waals surface area contributed by atoms with Gasteiger partial charge in [0.15, 0.2) is 0 Å². The smallest absolute Gasteiger partial charge is 0.399 e. The van der Waals surface area contributed by atoms with Gasteiger partial charge in [-0.1, -0.05) is 11.9 Å². The highest BCUT2D eigenvalue weighted by Crippen LogP contribution is 2.43. The molecule has 1 saturated heterocycles. The van der Waals surface area contributed by atoms with E-state index in [0.29, 0.717) is 5.92 Å². The van der Waals surface area contributed by atoms with E-state index in [4.69, 9.17) is 9.31 Å². The lowest BCUT2D eigenvalue weighted by molar-refractivity contribution is 0.00578.